The molecule has 2 amide bonds. The fraction of sp³-hybridized carbons (Fsp3) is 0.529. The van der Waals surface area contributed by atoms with E-state index < -0.39 is 6.04 Å². The van der Waals surface area contributed by atoms with E-state index in [1.165, 1.54) is 0 Å². The standard InChI is InChI=1S/C17H22ClN3O2/c1-12(19-16(22)13-2-4-14(18)5-3-13)17(23)21-11-10-20-8-6-15(21)7-9-20/h2-5,12,15H,6-11H2,1H3,(H,19,22)/t12-/m1/s1. The lowest BCUT2D eigenvalue weighted by Gasteiger charge is -2.33. The van der Waals surface area contributed by atoms with Crippen LogP contribution >= 0.6 is 11.6 Å². The molecule has 1 N–H and O–H groups in total. The van der Waals surface area contributed by atoms with Crippen molar-refractivity contribution in [2.24, 2.45) is 0 Å². The van der Waals surface area contributed by atoms with E-state index in [2.05, 4.69) is 10.2 Å². The molecule has 23 heavy (non-hydrogen) atoms. The van der Waals surface area contributed by atoms with Gasteiger partial charge in [-0.2, -0.15) is 0 Å². The molecule has 1 aromatic carbocycles. The fourth-order valence-corrected chi connectivity index (χ4v) is 3.49. The van der Waals surface area contributed by atoms with Gasteiger partial charge in [0.2, 0.25) is 5.91 Å². The van der Waals surface area contributed by atoms with Gasteiger partial charge in [-0.15, -0.1) is 0 Å². The van der Waals surface area contributed by atoms with E-state index in [-0.39, 0.29) is 11.8 Å². The van der Waals surface area contributed by atoms with Crippen LogP contribution in [0.2, 0.25) is 5.02 Å². The van der Waals surface area contributed by atoms with Crippen LogP contribution in [0.15, 0.2) is 24.3 Å². The van der Waals surface area contributed by atoms with Crippen LogP contribution in [-0.2, 0) is 4.79 Å². The quantitative estimate of drug-likeness (QED) is 0.916. The van der Waals surface area contributed by atoms with Crippen LogP contribution in [0.4, 0.5) is 0 Å². The second-order valence-corrected chi connectivity index (χ2v) is 6.74. The smallest absolute Gasteiger partial charge is 0.251 e. The molecule has 0 spiro atoms. The number of benzene rings is 1. The minimum absolute atomic E-state index is 0.0149. The maximum atomic E-state index is 12.7. The molecule has 0 unspecified atom stereocenters. The Morgan fingerprint density at radius 2 is 1.78 bits per heavy atom. The monoisotopic (exact) mass is 335 g/mol. The highest BCUT2D eigenvalue weighted by molar-refractivity contribution is 6.30. The molecule has 3 aliphatic heterocycles. The summed E-state index contributed by atoms with van der Waals surface area (Å²) in [5.41, 5.74) is 0.511. The van der Waals surface area contributed by atoms with Crippen molar-refractivity contribution in [3.8, 4) is 0 Å². The number of nitrogens with zero attached hydrogens (tertiary/aromatic N) is 2. The van der Waals surface area contributed by atoms with Gasteiger partial charge in [0, 0.05) is 42.8 Å². The molecule has 3 fully saturated rings. The summed E-state index contributed by atoms with van der Waals surface area (Å²) in [6.07, 6.45) is 2.06. The fourth-order valence-electron chi connectivity index (χ4n) is 3.37. The molecule has 3 saturated heterocycles. The van der Waals surface area contributed by atoms with Gasteiger partial charge in [-0.05, 0) is 44.0 Å². The van der Waals surface area contributed by atoms with Gasteiger partial charge >= 0.3 is 0 Å². The van der Waals surface area contributed by atoms with Crippen molar-refractivity contribution in [2.45, 2.75) is 31.8 Å². The number of hydrogen-bond donors (Lipinski definition) is 1. The van der Waals surface area contributed by atoms with Crippen LogP contribution in [0.5, 0.6) is 0 Å². The SMILES string of the molecule is C[C@@H](NC(=O)c1ccc(Cl)cc1)C(=O)N1CCN2CCC1CC2. The number of hydrogen-bond acceptors (Lipinski definition) is 3. The highest BCUT2D eigenvalue weighted by Gasteiger charge is 2.34. The molecule has 3 aliphatic rings. The first-order valence-corrected chi connectivity index (χ1v) is 8.51. The molecule has 0 saturated carbocycles. The number of carbonyl (C=O) groups excluding carboxylic acids is 2. The topological polar surface area (TPSA) is 52.7 Å². The summed E-state index contributed by atoms with van der Waals surface area (Å²) in [5, 5.41) is 3.39. The largest absolute Gasteiger partial charge is 0.341 e. The Balaban J connectivity index is 1.63. The summed E-state index contributed by atoms with van der Waals surface area (Å²) < 4.78 is 0. The predicted octanol–water partition coefficient (Wildman–Crippen LogP) is 1.76. The van der Waals surface area contributed by atoms with Gasteiger partial charge in [0.15, 0.2) is 0 Å². The van der Waals surface area contributed by atoms with Gasteiger partial charge in [-0.25, -0.2) is 0 Å². The van der Waals surface area contributed by atoms with Crippen LogP contribution in [0, 0.1) is 0 Å². The Bertz CT molecular complexity index is 582. The minimum Gasteiger partial charge on any atom is -0.341 e. The number of rotatable bonds is 3. The Labute approximate surface area is 141 Å². The number of nitrogens with one attached hydrogen (secondary N) is 1. The Morgan fingerprint density at radius 1 is 1.13 bits per heavy atom. The molecule has 1 atom stereocenters. The maximum absolute atomic E-state index is 12.7. The number of halogens is 1. The van der Waals surface area contributed by atoms with E-state index in [0.717, 1.165) is 39.0 Å². The van der Waals surface area contributed by atoms with E-state index >= 15 is 0 Å². The first-order valence-electron chi connectivity index (χ1n) is 8.14. The van der Waals surface area contributed by atoms with Crippen LogP contribution in [-0.4, -0.2) is 59.9 Å². The van der Waals surface area contributed by atoms with Gasteiger partial charge in [0.05, 0.1) is 0 Å². The number of amides is 2. The highest BCUT2D eigenvalue weighted by Crippen LogP contribution is 2.21. The number of carbonyl (C=O) groups is 2. The van der Waals surface area contributed by atoms with Crippen LogP contribution in [0.1, 0.15) is 30.1 Å². The zero-order valence-electron chi connectivity index (χ0n) is 13.3. The summed E-state index contributed by atoms with van der Waals surface area (Å²) in [5.74, 6) is -0.230. The molecule has 0 aromatic heterocycles. The number of fused-ring (bicyclic) bond motifs is 4. The van der Waals surface area contributed by atoms with Gasteiger partial charge in [-0.3, -0.25) is 9.59 Å². The van der Waals surface area contributed by atoms with E-state index in [9.17, 15) is 9.59 Å². The average molecular weight is 336 g/mol. The normalized spacial score (nSPS) is 24.9. The van der Waals surface area contributed by atoms with Gasteiger partial charge in [0.1, 0.15) is 6.04 Å². The van der Waals surface area contributed by atoms with E-state index in [1.807, 2.05) is 4.90 Å². The molecule has 2 bridgehead atoms. The molecule has 5 nitrogen and oxygen atoms in total. The molecule has 4 rings (SSSR count). The maximum Gasteiger partial charge on any atom is 0.251 e. The summed E-state index contributed by atoms with van der Waals surface area (Å²) in [7, 11) is 0. The zero-order chi connectivity index (χ0) is 16.4. The molecule has 1 aromatic rings. The van der Waals surface area contributed by atoms with Crippen molar-refractivity contribution in [2.75, 3.05) is 26.2 Å². The lowest BCUT2D eigenvalue weighted by molar-refractivity contribution is -0.134. The van der Waals surface area contributed by atoms with Gasteiger partial charge in [0.25, 0.3) is 5.91 Å². The predicted molar refractivity (Wildman–Crippen MR) is 89.6 cm³/mol. The second kappa shape index (κ2) is 6.89. The first-order chi connectivity index (χ1) is 11.0. The van der Waals surface area contributed by atoms with Crippen molar-refractivity contribution in [1.29, 1.82) is 0 Å². The van der Waals surface area contributed by atoms with E-state index in [0.29, 0.717) is 16.6 Å². The lowest BCUT2D eigenvalue weighted by atomic mass is 10.0. The van der Waals surface area contributed by atoms with Crippen LogP contribution in [0.3, 0.4) is 0 Å². The average Bonchev–Trinajstić information content (AvgIpc) is 2.88. The lowest BCUT2D eigenvalue weighted by Crippen LogP contribution is -2.51. The van der Waals surface area contributed by atoms with Crippen molar-refractivity contribution in [3.05, 3.63) is 34.9 Å². The highest BCUT2D eigenvalue weighted by atomic mass is 35.5. The Morgan fingerprint density at radius 3 is 2.43 bits per heavy atom. The van der Waals surface area contributed by atoms with Crippen molar-refractivity contribution in [3.63, 3.8) is 0 Å². The van der Waals surface area contributed by atoms with Crippen molar-refractivity contribution >= 4 is 23.4 Å². The minimum atomic E-state index is -0.523. The Kier molecular flexibility index (Phi) is 4.87. The molecular formula is C17H22ClN3O2. The molecule has 3 heterocycles. The van der Waals surface area contributed by atoms with Gasteiger partial charge in [-0.1, -0.05) is 11.6 Å². The molecular weight excluding hydrogens is 314 g/mol. The van der Waals surface area contributed by atoms with Gasteiger partial charge < -0.3 is 15.1 Å². The third kappa shape index (κ3) is 3.67. The number of piperidine rings is 1. The second-order valence-electron chi connectivity index (χ2n) is 6.31. The zero-order valence-corrected chi connectivity index (χ0v) is 14.1. The van der Waals surface area contributed by atoms with E-state index in [4.69, 9.17) is 11.6 Å². The summed E-state index contributed by atoms with van der Waals surface area (Å²) in [6, 6.07) is 6.46. The summed E-state index contributed by atoms with van der Waals surface area (Å²) >= 11 is 5.83. The molecule has 124 valence electrons. The van der Waals surface area contributed by atoms with Crippen LogP contribution < -0.4 is 5.32 Å². The third-order valence-corrected chi connectivity index (χ3v) is 5.01. The first kappa shape index (κ1) is 16.3. The summed E-state index contributed by atoms with van der Waals surface area (Å²) in [4.78, 5) is 29.3. The molecule has 0 aliphatic carbocycles. The van der Waals surface area contributed by atoms with E-state index in [1.54, 1.807) is 31.2 Å². The molecule has 6 heteroatoms. The van der Waals surface area contributed by atoms with Crippen LogP contribution in [0.25, 0.3) is 0 Å². The van der Waals surface area contributed by atoms with Crippen molar-refractivity contribution in [1.82, 2.24) is 15.1 Å². The molecule has 0 radical (unpaired) electrons. The van der Waals surface area contributed by atoms with Crippen molar-refractivity contribution < 1.29 is 9.59 Å². The summed E-state index contributed by atoms with van der Waals surface area (Å²) in [6.45, 7) is 5.58. The third-order valence-electron chi connectivity index (χ3n) is 4.76. The Hall–Kier alpha value is -1.59.